The van der Waals surface area contributed by atoms with Gasteiger partial charge in [0.25, 0.3) is 21.2 Å². The van der Waals surface area contributed by atoms with Gasteiger partial charge in [0.2, 0.25) is 0 Å². The number of rotatable bonds is 7. The van der Waals surface area contributed by atoms with Crippen LogP contribution >= 0.6 is 11.3 Å². The van der Waals surface area contributed by atoms with E-state index >= 15 is 0 Å². The van der Waals surface area contributed by atoms with E-state index in [-0.39, 0.29) is 51.9 Å². The zero-order valence-electron chi connectivity index (χ0n) is 20.1. The van der Waals surface area contributed by atoms with E-state index in [2.05, 4.69) is 40.2 Å². The Morgan fingerprint density at radius 2 is 1.71 bits per heavy atom. The standard InChI is InChI=1S/C22H31N5O4S3/c1-7-27(8-2)34(30,31)21-17(28)16(14(3)32-21)23-19-20(26-33(29)25-19)24-18(22(4,5)6)15-12-10-9-11-13-15/h9-13,18,28H,7-8H2,1-6H3,(H,23,25)(H,24,26)/t18-,33?/m0/s1. The molecule has 1 aromatic heterocycles. The number of amidine groups is 2. The topological polar surface area (TPSA) is 123 Å². The first-order valence-corrected chi connectivity index (χ1v) is 14.2. The number of benzene rings is 1. The molecule has 0 saturated carbocycles. The van der Waals surface area contributed by atoms with Crippen molar-refractivity contribution >= 4 is 49.9 Å². The highest BCUT2D eigenvalue weighted by Crippen LogP contribution is 2.43. The maximum Gasteiger partial charge on any atom is 0.269 e. The van der Waals surface area contributed by atoms with Crippen molar-refractivity contribution in [2.45, 2.75) is 51.8 Å². The Balaban J connectivity index is 1.93. The van der Waals surface area contributed by atoms with Crippen LogP contribution in [0.4, 0.5) is 5.69 Å². The first-order chi connectivity index (χ1) is 15.9. The normalized spacial score (nSPS) is 17.4. The molecule has 0 fully saturated rings. The van der Waals surface area contributed by atoms with Gasteiger partial charge < -0.3 is 15.7 Å². The van der Waals surface area contributed by atoms with Crippen molar-refractivity contribution in [1.29, 1.82) is 0 Å². The van der Waals surface area contributed by atoms with Gasteiger partial charge in [0.15, 0.2) is 21.6 Å². The van der Waals surface area contributed by atoms with Gasteiger partial charge >= 0.3 is 0 Å². The van der Waals surface area contributed by atoms with Crippen molar-refractivity contribution in [2.24, 2.45) is 14.2 Å². The van der Waals surface area contributed by atoms with Gasteiger partial charge in [0, 0.05) is 18.0 Å². The molecule has 0 radical (unpaired) electrons. The fourth-order valence-corrected chi connectivity index (χ4v) is 7.37. The Bertz CT molecular complexity index is 1230. The molecule has 2 atom stereocenters. The molecule has 12 heteroatoms. The van der Waals surface area contributed by atoms with Gasteiger partial charge in [-0.05, 0) is 17.9 Å². The molecule has 34 heavy (non-hydrogen) atoms. The average Bonchev–Trinajstić information content (AvgIpc) is 3.26. The number of thiophene rings is 1. The third-order valence-corrected chi connectivity index (χ3v) is 9.70. The Labute approximate surface area is 207 Å². The third kappa shape index (κ3) is 5.35. The van der Waals surface area contributed by atoms with Gasteiger partial charge in [0.05, 0.1) is 11.7 Å². The van der Waals surface area contributed by atoms with Crippen LogP contribution in [0, 0.1) is 12.3 Å². The first kappa shape index (κ1) is 26.3. The molecule has 0 amide bonds. The largest absolute Gasteiger partial charge is 0.504 e. The summed E-state index contributed by atoms with van der Waals surface area (Å²) in [4.78, 5) is 0.554. The van der Waals surface area contributed by atoms with Crippen LogP contribution in [0.15, 0.2) is 43.3 Å². The van der Waals surface area contributed by atoms with Crippen molar-refractivity contribution in [3.05, 3.63) is 40.8 Å². The molecule has 2 heterocycles. The van der Waals surface area contributed by atoms with E-state index in [9.17, 15) is 17.7 Å². The summed E-state index contributed by atoms with van der Waals surface area (Å²) in [5, 5.41) is 17.2. The third-order valence-electron chi connectivity index (χ3n) is 5.39. The lowest BCUT2D eigenvalue weighted by Crippen LogP contribution is -2.41. The number of nitrogens with one attached hydrogen (secondary N) is 2. The first-order valence-electron chi connectivity index (χ1n) is 10.9. The van der Waals surface area contributed by atoms with E-state index in [0.29, 0.717) is 4.88 Å². The van der Waals surface area contributed by atoms with Gasteiger partial charge in [-0.3, -0.25) is 0 Å². The molecule has 1 aromatic carbocycles. The Morgan fingerprint density at radius 3 is 2.26 bits per heavy atom. The minimum atomic E-state index is -3.85. The summed E-state index contributed by atoms with van der Waals surface area (Å²) in [7, 11) is -3.85. The molecule has 1 unspecified atom stereocenters. The van der Waals surface area contributed by atoms with Gasteiger partial charge in [-0.1, -0.05) is 65.0 Å². The minimum Gasteiger partial charge on any atom is -0.504 e. The maximum absolute atomic E-state index is 13.0. The summed E-state index contributed by atoms with van der Waals surface area (Å²) in [5.41, 5.74) is 1.01. The molecule has 9 nitrogen and oxygen atoms in total. The Kier molecular flexibility index (Phi) is 7.85. The molecular weight excluding hydrogens is 494 g/mol. The molecule has 0 saturated heterocycles. The van der Waals surface area contributed by atoms with E-state index in [1.165, 1.54) is 4.31 Å². The lowest BCUT2D eigenvalue weighted by molar-refractivity contribution is 0.303. The summed E-state index contributed by atoms with van der Waals surface area (Å²) in [6.07, 6.45) is 0. The lowest BCUT2D eigenvalue weighted by atomic mass is 9.82. The molecule has 0 aliphatic carbocycles. The fraction of sp³-hybridized carbons (Fsp3) is 0.455. The van der Waals surface area contributed by atoms with Gasteiger partial charge in [0.1, 0.15) is 0 Å². The van der Waals surface area contributed by atoms with Crippen molar-refractivity contribution in [1.82, 2.24) is 9.62 Å². The smallest absolute Gasteiger partial charge is 0.269 e. The summed E-state index contributed by atoms with van der Waals surface area (Å²) in [6, 6.07) is 9.65. The maximum atomic E-state index is 13.0. The second kappa shape index (κ2) is 10.1. The zero-order valence-corrected chi connectivity index (χ0v) is 22.6. The highest BCUT2D eigenvalue weighted by Gasteiger charge is 2.33. The summed E-state index contributed by atoms with van der Waals surface area (Å²) in [5.74, 6) is 0.0660. The van der Waals surface area contributed by atoms with Crippen LogP contribution in [0.5, 0.6) is 5.75 Å². The number of hydrogen-bond donors (Lipinski definition) is 3. The predicted molar refractivity (Wildman–Crippen MR) is 139 cm³/mol. The number of aryl methyl sites for hydroxylation is 1. The van der Waals surface area contributed by atoms with Crippen LogP contribution in [-0.2, 0) is 21.2 Å². The van der Waals surface area contributed by atoms with Crippen molar-refractivity contribution < 1.29 is 17.7 Å². The van der Waals surface area contributed by atoms with Crippen LogP contribution in [0.3, 0.4) is 0 Å². The second-order valence-corrected chi connectivity index (χ2v) is 13.0. The van der Waals surface area contributed by atoms with Crippen molar-refractivity contribution in [2.75, 3.05) is 18.4 Å². The minimum absolute atomic E-state index is 0.140. The Morgan fingerprint density at radius 1 is 1.12 bits per heavy atom. The van der Waals surface area contributed by atoms with Crippen molar-refractivity contribution in [3.63, 3.8) is 0 Å². The second-order valence-electron chi connectivity index (χ2n) is 8.85. The highest BCUT2D eigenvalue weighted by atomic mass is 32.2. The number of aromatic hydroxyl groups is 1. The van der Waals surface area contributed by atoms with Crippen molar-refractivity contribution in [3.8, 4) is 5.75 Å². The van der Waals surface area contributed by atoms with Gasteiger partial charge in [-0.25, -0.2) is 12.6 Å². The van der Waals surface area contributed by atoms with Gasteiger partial charge in [-0.15, -0.1) is 20.1 Å². The lowest BCUT2D eigenvalue weighted by Gasteiger charge is -2.32. The predicted octanol–water partition coefficient (Wildman–Crippen LogP) is 3.97. The summed E-state index contributed by atoms with van der Waals surface area (Å²) in [6.45, 7) is 12.0. The molecule has 1 aliphatic heterocycles. The van der Waals surface area contributed by atoms with E-state index in [0.717, 1.165) is 16.9 Å². The van der Waals surface area contributed by atoms with E-state index in [1.807, 2.05) is 30.3 Å². The highest BCUT2D eigenvalue weighted by molar-refractivity contribution is 7.91. The van der Waals surface area contributed by atoms with Gasteiger partial charge in [-0.2, -0.15) is 4.31 Å². The van der Waals surface area contributed by atoms with Crippen LogP contribution < -0.4 is 10.6 Å². The van der Waals surface area contributed by atoms with E-state index < -0.39 is 21.2 Å². The zero-order chi connectivity index (χ0) is 25.3. The molecule has 186 valence electrons. The summed E-state index contributed by atoms with van der Waals surface area (Å²) >= 11 is -0.870. The Hall–Kier alpha value is -2.28. The van der Waals surface area contributed by atoms with Crippen LogP contribution in [0.25, 0.3) is 0 Å². The van der Waals surface area contributed by atoms with Crippen LogP contribution in [0.2, 0.25) is 0 Å². The SMILES string of the molecule is CCN(CC)S(=O)(=O)c1sc(C)c(NC2=NS(=O)N=C2N[C@@H](c2ccccc2)C(C)(C)C)c1O. The molecule has 0 bridgehead atoms. The van der Waals surface area contributed by atoms with E-state index in [1.54, 1.807) is 20.8 Å². The average molecular weight is 526 g/mol. The monoisotopic (exact) mass is 525 g/mol. The number of nitrogens with zero attached hydrogens (tertiary/aromatic N) is 3. The fourth-order valence-electron chi connectivity index (χ4n) is 3.65. The van der Waals surface area contributed by atoms with Crippen LogP contribution in [0.1, 0.15) is 51.1 Å². The molecule has 0 spiro atoms. The number of sulfonamides is 1. The summed E-state index contributed by atoms with van der Waals surface area (Å²) < 4.78 is 47.5. The molecule has 3 N–H and O–H groups in total. The van der Waals surface area contributed by atoms with Crippen LogP contribution in [-0.4, -0.2) is 46.8 Å². The number of anilines is 1. The molecule has 2 aromatic rings. The van der Waals surface area contributed by atoms with E-state index in [4.69, 9.17) is 0 Å². The molecule has 3 rings (SSSR count). The molecule has 1 aliphatic rings. The number of hydrogen-bond acceptors (Lipinski definition) is 7. The molecular formula is C22H31N5O4S3. The quantitative estimate of drug-likeness (QED) is 0.503.